The maximum atomic E-state index is 11.6. The molecular formula is C14H23NO2. The molecule has 2 rings (SSSR count). The van der Waals surface area contributed by atoms with E-state index >= 15 is 0 Å². The summed E-state index contributed by atoms with van der Waals surface area (Å²) >= 11 is 0. The minimum Gasteiger partial charge on any atom is -0.391 e. The molecule has 3 nitrogen and oxygen atoms in total. The van der Waals surface area contributed by atoms with Gasteiger partial charge in [-0.1, -0.05) is 26.7 Å². The average molecular weight is 237 g/mol. The number of hydrogen-bond acceptors (Lipinski definition) is 3. The first-order valence-corrected chi connectivity index (χ1v) is 6.64. The second-order valence-corrected chi connectivity index (χ2v) is 6.26. The van der Waals surface area contributed by atoms with Crippen molar-refractivity contribution in [2.45, 2.75) is 64.5 Å². The van der Waals surface area contributed by atoms with Crippen molar-refractivity contribution in [3.63, 3.8) is 0 Å². The molecule has 0 heterocycles. The summed E-state index contributed by atoms with van der Waals surface area (Å²) in [7, 11) is 0. The molecule has 0 aromatic heterocycles. The predicted octanol–water partition coefficient (Wildman–Crippen LogP) is 2.15. The van der Waals surface area contributed by atoms with Crippen molar-refractivity contribution >= 4 is 5.78 Å². The lowest BCUT2D eigenvalue weighted by Crippen LogP contribution is -2.43. The van der Waals surface area contributed by atoms with Gasteiger partial charge in [-0.2, -0.15) is 0 Å². The lowest BCUT2D eigenvalue weighted by atomic mass is 9.78. The van der Waals surface area contributed by atoms with Crippen LogP contribution in [0.25, 0.3) is 0 Å². The zero-order valence-electron chi connectivity index (χ0n) is 10.8. The monoisotopic (exact) mass is 237 g/mol. The maximum absolute atomic E-state index is 11.6. The lowest BCUT2D eigenvalue weighted by Gasteiger charge is -2.34. The molecule has 0 aromatic carbocycles. The van der Waals surface area contributed by atoms with E-state index in [0.717, 1.165) is 31.4 Å². The van der Waals surface area contributed by atoms with E-state index in [1.54, 1.807) is 6.08 Å². The Balaban J connectivity index is 2.00. The van der Waals surface area contributed by atoms with Crippen LogP contribution in [0.15, 0.2) is 11.8 Å². The van der Waals surface area contributed by atoms with Gasteiger partial charge in [-0.25, -0.2) is 0 Å². The number of rotatable bonds is 2. The second-order valence-electron chi connectivity index (χ2n) is 6.26. The van der Waals surface area contributed by atoms with Crippen molar-refractivity contribution < 1.29 is 9.90 Å². The van der Waals surface area contributed by atoms with E-state index in [0.29, 0.717) is 6.42 Å². The largest absolute Gasteiger partial charge is 0.391 e. The minimum atomic E-state index is -0.259. The fraction of sp³-hybridized carbons (Fsp3) is 0.786. The Hall–Kier alpha value is -0.830. The molecule has 96 valence electrons. The van der Waals surface area contributed by atoms with E-state index in [-0.39, 0.29) is 23.3 Å². The van der Waals surface area contributed by atoms with E-state index in [9.17, 15) is 9.90 Å². The molecule has 0 spiro atoms. The quantitative estimate of drug-likeness (QED) is 0.773. The molecule has 0 saturated heterocycles. The van der Waals surface area contributed by atoms with Crippen LogP contribution in [0.5, 0.6) is 0 Å². The van der Waals surface area contributed by atoms with Crippen molar-refractivity contribution in [1.82, 2.24) is 5.32 Å². The highest BCUT2D eigenvalue weighted by atomic mass is 16.3. The van der Waals surface area contributed by atoms with Gasteiger partial charge < -0.3 is 10.4 Å². The Morgan fingerprint density at radius 3 is 2.65 bits per heavy atom. The molecule has 2 atom stereocenters. The molecule has 0 aliphatic heterocycles. The number of hydrogen-bond donors (Lipinski definition) is 2. The van der Waals surface area contributed by atoms with Crippen LogP contribution in [-0.2, 0) is 4.79 Å². The van der Waals surface area contributed by atoms with Gasteiger partial charge in [0.05, 0.1) is 12.1 Å². The molecule has 1 fully saturated rings. The first-order chi connectivity index (χ1) is 7.96. The Morgan fingerprint density at radius 1 is 1.29 bits per heavy atom. The smallest absolute Gasteiger partial charge is 0.157 e. The molecule has 2 N–H and O–H groups in total. The van der Waals surface area contributed by atoms with Gasteiger partial charge in [-0.05, 0) is 24.7 Å². The van der Waals surface area contributed by atoms with Crippen LogP contribution < -0.4 is 5.32 Å². The van der Waals surface area contributed by atoms with Gasteiger partial charge in [0.15, 0.2) is 5.78 Å². The maximum Gasteiger partial charge on any atom is 0.157 e. The molecular weight excluding hydrogens is 214 g/mol. The summed E-state index contributed by atoms with van der Waals surface area (Å²) in [4.78, 5) is 11.6. The third kappa shape index (κ3) is 3.32. The average Bonchev–Trinajstić information content (AvgIpc) is 2.18. The second kappa shape index (κ2) is 4.81. The van der Waals surface area contributed by atoms with Crippen LogP contribution in [0, 0.1) is 5.41 Å². The van der Waals surface area contributed by atoms with Gasteiger partial charge in [0.1, 0.15) is 0 Å². The van der Waals surface area contributed by atoms with Crippen molar-refractivity contribution in [1.29, 1.82) is 0 Å². The van der Waals surface area contributed by atoms with Crippen molar-refractivity contribution in [2.75, 3.05) is 0 Å². The third-order valence-corrected chi connectivity index (χ3v) is 3.76. The van der Waals surface area contributed by atoms with E-state index in [4.69, 9.17) is 0 Å². The number of ketones is 1. The Morgan fingerprint density at radius 2 is 2.00 bits per heavy atom. The molecule has 2 unspecified atom stereocenters. The summed E-state index contributed by atoms with van der Waals surface area (Å²) in [6.07, 6.45) is 7.17. The predicted molar refractivity (Wildman–Crippen MR) is 67.5 cm³/mol. The molecule has 3 heteroatoms. The number of aliphatic hydroxyl groups excluding tert-OH is 1. The summed E-state index contributed by atoms with van der Waals surface area (Å²) in [5.74, 6) is 0.203. The minimum absolute atomic E-state index is 0.0494. The standard InChI is InChI=1S/C14H23NO2/c1-14(2)8-10(7-11(16)9-14)15-12-5-3-4-6-13(12)17/h7,12-13,15,17H,3-6,8-9H2,1-2H3. The highest BCUT2D eigenvalue weighted by Crippen LogP contribution is 2.33. The fourth-order valence-corrected chi connectivity index (χ4v) is 2.96. The normalized spacial score (nSPS) is 33.1. The summed E-state index contributed by atoms with van der Waals surface area (Å²) in [6.45, 7) is 4.24. The van der Waals surface area contributed by atoms with Crippen LogP contribution in [0.2, 0.25) is 0 Å². The van der Waals surface area contributed by atoms with Crippen LogP contribution in [0.1, 0.15) is 52.4 Å². The number of carbonyl (C=O) groups excluding carboxylic acids is 1. The van der Waals surface area contributed by atoms with Crippen molar-refractivity contribution in [3.05, 3.63) is 11.8 Å². The van der Waals surface area contributed by atoms with Crippen LogP contribution in [0.3, 0.4) is 0 Å². The number of allylic oxidation sites excluding steroid dienone is 2. The van der Waals surface area contributed by atoms with E-state index < -0.39 is 0 Å². The van der Waals surface area contributed by atoms with Crippen molar-refractivity contribution in [3.8, 4) is 0 Å². The third-order valence-electron chi connectivity index (χ3n) is 3.76. The molecule has 0 aromatic rings. The van der Waals surface area contributed by atoms with Gasteiger partial charge in [0.2, 0.25) is 0 Å². The first kappa shape index (κ1) is 12.6. The molecule has 1 saturated carbocycles. The SMILES string of the molecule is CC1(C)CC(=O)C=C(NC2CCCCC2O)C1. The van der Waals surface area contributed by atoms with Crippen LogP contribution in [0.4, 0.5) is 0 Å². The van der Waals surface area contributed by atoms with Gasteiger partial charge in [0, 0.05) is 18.2 Å². The van der Waals surface area contributed by atoms with Crippen LogP contribution in [-0.4, -0.2) is 23.0 Å². The van der Waals surface area contributed by atoms with E-state index in [2.05, 4.69) is 19.2 Å². The zero-order chi connectivity index (χ0) is 12.5. The van der Waals surface area contributed by atoms with Crippen molar-refractivity contribution in [2.24, 2.45) is 5.41 Å². The van der Waals surface area contributed by atoms with Crippen LogP contribution >= 0.6 is 0 Å². The van der Waals surface area contributed by atoms with E-state index in [1.165, 1.54) is 6.42 Å². The molecule has 17 heavy (non-hydrogen) atoms. The van der Waals surface area contributed by atoms with Gasteiger partial charge in [-0.15, -0.1) is 0 Å². The highest BCUT2D eigenvalue weighted by Gasteiger charge is 2.30. The van der Waals surface area contributed by atoms with Gasteiger partial charge in [0.25, 0.3) is 0 Å². The number of nitrogens with one attached hydrogen (secondary N) is 1. The zero-order valence-corrected chi connectivity index (χ0v) is 10.8. The molecule has 0 amide bonds. The Kier molecular flexibility index (Phi) is 3.57. The Bertz CT molecular complexity index is 333. The first-order valence-electron chi connectivity index (χ1n) is 6.64. The topological polar surface area (TPSA) is 49.3 Å². The highest BCUT2D eigenvalue weighted by molar-refractivity contribution is 5.91. The fourth-order valence-electron chi connectivity index (χ4n) is 2.96. The summed E-state index contributed by atoms with van der Waals surface area (Å²) in [5.41, 5.74) is 1.06. The molecule has 2 aliphatic carbocycles. The number of aliphatic hydroxyl groups is 1. The summed E-state index contributed by atoms with van der Waals surface area (Å²) < 4.78 is 0. The van der Waals surface area contributed by atoms with Gasteiger partial charge >= 0.3 is 0 Å². The lowest BCUT2D eigenvalue weighted by molar-refractivity contribution is -0.117. The van der Waals surface area contributed by atoms with E-state index in [1.807, 2.05) is 0 Å². The Labute approximate surface area is 103 Å². The molecule has 0 bridgehead atoms. The molecule has 0 radical (unpaired) electrons. The summed E-state index contributed by atoms with van der Waals surface area (Å²) in [5, 5.41) is 13.3. The van der Waals surface area contributed by atoms with Gasteiger partial charge in [-0.3, -0.25) is 4.79 Å². The number of carbonyl (C=O) groups is 1. The summed E-state index contributed by atoms with van der Waals surface area (Å²) in [6, 6.07) is 0.136. The molecule has 2 aliphatic rings.